The summed E-state index contributed by atoms with van der Waals surface area (Å²) in [6, 6.07) is 0. The molecule has 4 unspecified atom stereocenters. The van der Waals surface area contributed by atoms with Gasteiger partial charge in [-0.2, -0.15) is 0 Å². The second-order valence-corrected chi connectivity index (χ2v) is 10.8. The smallest absolute Gasteiger partial charge is 0.0841 e. The maximum atomic E-state index is 9.77. The molecule has 0 saturated carbocycles. The zero-order valence-corrected chi connectivity index (χ0v) is 24.3. The first-order chi connectivity index (χ1) is 16.9. The van der Waals surface area contributed by atoms with Gasteiger partial charge in [-0.05, 0) is 33.1 Å². The van der Waals surface area contributed by atoms with E-state index < -0.39 is 12.2 Å². The minimum atomic E-state index is -0.392. The lowest BCUT2D eigenvalue weighted by atomic mass is 10.0. The Bertz CT molecular complexity index is 399. The standard InChI is InChI=1S/C30H63NO4/c1-6-9-10-11-12-13-14-15-16-17-18-19-20-21-22-23-24-31(34-29(7-2)25-27(4)32)35-30(8-3)26-28(5)33/h27-30,32-33H,6-26H2,1-5H3. The van der Waals surface area contributed by atoms with E-state index in [1.54, 1.807) is 19.1 Å². The van der Waals surface area contributed by atoms with Crippen LogP contribution in [-0.4, -0.2) is 46.4 Å². The van der Waals surface area contributed by atoms with Gasteiger partial charge in [0.25, 0.3) is 0 Å². The fraction of sp³-hybridized carbons (Fsp3) is 1.00. The van der Waals surface area contributed by atoms with Crippen molar-refractivity contribution in [1.29, 1.82) is 0 Å². The predicted molar refractivity (Wildman–Crippen MR) is 149 cm³/mol. The third-order valence-corrected chi connectivity index (χ3v) is 6.85. The van der Waals surface area contributed by atoms with Crippen LogP contribution < -0.4 is 0 Å². The largest absolute Gasteiger partial charge is 0.393 e. The molecule has 5 nitrogen and oxygen atoms in total. The monoisotopic (exact) mass is 501 g/mol. The van der Waals surface area contributed by atoms with E-state index in [0.29, 0.717) is 12.8 Å². The molecule has 0 aromatic heterocycles. The molecule has 0 saturated heterocycles. The molecule has 0 aliphatic rings. The van der Waals surface area contributed by atoms with Crippen LogP contribution in [0.25, 0.3) is 0 Å². The second kappa shape index (κ2) is 25.4. The molecule has 0 aromatic rings. The Morgan fingerprint density at radius 3 is 1.11 bits per heavy atom. The van der Waals surface area contributed by atoms with Gasteiger partial charge >= 0.3 is 0 Å². The summed E-state index contributed by atoms with van der Waals surface area (Å²) in [7, 11) is 0. The fourth-order valence-corrected chi connectivity index (χ4v) is 4.58. The summed E-state index contributed by atoms with van der Waals surface area (Å²) < 4.78 is 0. The second-order valence-electron chi connectivity index (χ2n) is 10.8. The van der Waals surface area contributed by atoms with Gasteiger partial charge in [-0.3, -0.25) is 9.68 Å². The van der Waals surface area contributed by atoms with E-state index in [-0.39, 0.29) is 12.2 Å². The Labute approximate surface area is 219 Å². The molecular formula is C30H63NO4. The third kappa shape index (κ3) is 23.9. The Hall–Kier alpha value is -0.200. The zero-order valence-electron chi connectivity index (χ0n) is 24.3. The normalized spacial score (nSPS) is 15.4. The van der Waals surface area contributed by atoms with E-state index in [2.05, 4.69) is 20.8 Å². The zero-order chi connectivity index (χ0) is 26.2. The van der Waals surface area contributed by atoms with Crippen molar-refractivity contribution in [3.05, 3.63) is 0 Å². The topological polar surface area (TPSA) is 62.2 Å². The maximum absolute atomic E-state index is 9.77. The van der Waals surface area contributed by atoms with Crippen LogP contribution in [0, 0.1) is 0 Å². The highest BCUT2D eigenvalue weighted by Crippen LogP contribution is 2.17. The minimum absolute atomic E-state index is 0.0554. The quantitative estimate of drug-likeness (QED) is 0.0872. The highest BCUT2D eigenvalue weighted by molar-refractivity contribution is 4.61. The van der Waals surface area contributed by atoms with Crippen molar-refractivity contribution in [3.63, 3.8) is 0 Å². The highest BCUT2D eigenvalue weighted by atomic mass is 17.0. The van der Waals surface area contributed by atoms with Gasteiger partial charge in [0.15, 0.2) is 0 Å². The van der Waals surface area contributed by atoms with Crippen LogP contribution in [0.5, 0.6) is 0 Å². The number of rotatable bonds is 27. The first-order valence-corrected chi connectivity index (χ1v) is 15.4. The molecule has 0 heterocycles. The Morgan fingerprint density at radius 2 is 0.829 bits per heavy atom. The van der Waals surface area contributed by atoms with Gasteiger partial charge in [-0.1, -0.05) is 122 Å². The van der Waals surface area contributed by atoms with Crippen LogP contribution >= 0.6 is 0 Å². The summed E-state index contributed by atoms with van der Waals surface area (Å²) in [5, 5.41) is 21.2. The van der Waals surface area contributed by atoms with Crippen molar-refractivity contribution in [1.82, 2.24) is 5.23 Å². The van der Waals surface area contributed by atoms with E-state index in [0.717, 1.165) is 25.8 Å². The van der Waals surface area contributed by atoms with Crippen molar-refractivity contribution >= 4 is 0 Å². The third-order valence-electron chi connectivity index (χ3n) is 6.85. The number of aliphatic hydroxyl groups excluding tert-OH is 2. The first-order valence-electron chi connectivity index (χ1n) is 15.4. The molecule has 0 aliphatic carbocycles. The maximum Gasteiger partial charge on any atom is 0.0841 e. The average Bonchev–Trinajstić information content (AvgIpc) is 2.82. The van der Waals surface area contributed by atoms with Crippen LogP contribution in [0.2, 0.25) is 0 Å². The van der Waals surface area contributed by atoms with E-state index >= 15 is 0 Å². The fourth-order valence-electron chi connectivity index (χ4n) is 4.58. The van der Waals surface area contributed by atoms with Gasteiger partial charge in [0.1, 0.15) is 0 Å². The molecule has 35 heavy (non-hydrogen) atoms. The summed E-state index contributed by atoms with van der Waals surface area (Å²) in [6.07, 6.45) is 23.6. The molecule has 0 amide bonds. The summed E-state index contributed by atoms with van der Waals surface area (Å²) in [5.41, 5.74) is 0. The van der Waals surface area contributed by atoms with Crippen molar-refractivity contribution in [2.45, 2.75) is 187 Å². The van der Waals surface area contributed by atoms with Crippen LogP contribution in [-0.2, 0) is 9.68 Å². The average molecular weight is 502 g/mol. The van der Waals surface area contributed by atoms with Gasteiger partial charge in [0, 0.05) is 12.8 Å². The number of unbranched alkanes of at least 4 members (excludes halogenated alkanes) is 15. The number of nitrogens with zero attached hydrogens (tertiary/aromatic N) is 1. The molecule has 4 atom stereocenters. The molecule has 212 valence electrons. The van der Waals surface area contributed by atoms with Crippen molar-refractivity contribution in [3.8, 4) is 0 Å². The molecule has 2 N–H and O–H groups in total. The molecule has 0 spiro atoms. The van der Waals surface area contributed by atoms with Gasteiger partial charge in [0.2, 0.25) is 0 Å². The molecular weight excluding hydrogens is 438 g/mol. The molecule has 0 aromatic carbocycles. The molecule has 0 rings (SSSR count). The minimum Gasteiger partial charge on any atom is -0.393 e. The molecule has 0 bridgehead atoms. The molecule has 0 radical (unpaired) electrons. The SMILES string of the molecule is CCCCCCCCCCCCCCCCCCN(OC(CC)CC(C)O)OC(CC)CC(C)O. The van der Waals surface area contributed by atoms with E-state index in [4.69, 9.17) is 9.68 Å². The Morgan fingerprint density at radius 1 is 0.514 bits per heavy atom. The lowest BCUT2D eigenvalue weighted by Crippen LogP contribution is -2.36. The van der Waals surface area contributed by atoms with Crippen molar-refractivity contribution < 1.29 is 19.9 Å². The number of aliphatic hydroxyl groups is 2. The van der Waals surface area contributed by atoms with E-state index in [1.165, 1.54) is 96.3 Å². The van der Waals surface area contributed by atoms with Crippen LogP contribution in [0.1, 0.15) is 163 Å². The van der Waals surface area contributed by atoms with Crippen LogP contribution in [0.15, 0.2) is 0 Å². The highest BCUT2D eigenvalue weighted by Gasteiger charge is 2.20. The molecule has 0 fully saturated rings. The van der Waals surface area contributed by atoms with Crippen molar-refractivity contribution in [2.75, 3.05) is 6.54 Å². The number of hydrogen-bond acceptors (Lipinski definition) is 5. The van der Waals surface area contributed by atoms with Crippen molar-refractivity contribution in [2.24, 2.45) is 0 Å². The van der Waals surface area contributed by atoms with Gasteiger partial charge in [0.05, 0.1) is 31.0 Å². The van der Waals surface area contributed by atoms with Gasteiger partial charge in [-0.15, -0.1) is 0 Å². The van der Waals surface area contributed by atoms with E-state index in [1.807, 2.05) is 0 Å². The first kappa shape index (κ1) is 34.8. The summed E-state index contributed by atoms with van der Waals surface area (Å²) in [6.45, 7) is 10.8. The van der Waals surface area contributed by atoms with E-state index in [9.17, 15) is 10.2 Å². The van der Waals surface area contributed by atoms with Gasteiger partial charge in [-0.25, -0.2) is 0 Å². The Kier molecular flexibility index (Phi) is 25.3. The summed E-state index contributed by atoms with van der Waals surface area (Å²) in [4.78, 5) is 12.2. The number of hydrogen-bond donors (Lipinski definition) is 2. The molecule has 5 heteroatoms. The lowest BCUT2D eigenvalue weighted by molar-refractivity contribution is -0.405. The lowest BCUT2D eigenvalue weighted by Gasteiger charge is -2.30. The Balaban J connectivity index is 3.97. The summed E-state index contributed by atoms with van der Waals surface area (Å²) >= 11 is 0. The molecule has 0 aliphatic heterocycles. The van der Waals surface area contributed by atoms with Crippen LogP contribution in [0.4, 0.5) is 0 Å². The predicted octanol–water partition coefficient (Wildman–Crippen LogP) is 8.51. The number of hydroxylamine groups is 2. The van der Waals surface area contributed by atoms with Gasteiger partial charge < -0.3 is 10.2 Å². The van der Waals surface area contributed by atoms with Crippen LogP contribution in [0.3, 0.4) is 0 Å². The summed E-state index contributed by atoms with van der Waals surface area (Å²) in [5.74, 6) is 0.